The number of rotatable bonds is 5. The van der Waals surface area contributed by atoms with Crippen molar-refractivity contribution in [2.75, 3.05) is 0 Å². The Kier molecular flexibility index (Phi) is 5.14. The minimum absolute atomic E-state index is 0.179. The lowest BCUT2D eigenvalue weighted by molar-refractivity contribution is 0.0951. The SMILES string of the molecule is Cc1nc(-c2ccccc2Cl)sc1CNC(=O)c1cccc(-n2cnnn2)c1. The first-order valence-corrected chi connectivity index (χ1v) is 9.64. The monoisotopic (exact) mass is 410 g/mol. The van der Waals surface area contributed by atoms with Crippen LogP contribution in [0.15, 0.2) is 54.9 Å². The number of amides is 1. The van der Waals surface area contributed by atoms with Crippen LogP contribution in [0.5, 0.6) is 0 Å². The normalized spacial score (nSPS) is 10.8. The number of aryl methyl sites for hydroxylation is 1. The van der Waals surface area contributed by atoms with Gasteiger partial charge in [0.05, 0.1) is 22.9 Å². The molecule has 0 saturated heterocycles. The van der Waals surface area contributed by atoms with E-state index in [0.29, 0.717) is 22.8 Å². The predicted octanol–water partition coefficient (Wildman–Crippen LogP) is 3.68. The van der Waals surface area contributed by atoms with Crippen LogP contribution in [0, 0.1) is 6.92 Å². The zero-order chi connectivity index (χ0) is 19.5. The number of hydrogen-bond acceptors (Lipinski definition) is 6. The van der Waals surface area contributed by atoms with E-state index in [2.05, 4.69) is 25.8 Å². The van der Waals surface area contributed by atoms with Gasteiger partial charge in [0.15, 0.2) is 0 Å². The maximum atomic E-state index is 12.6. The van der Waals surface area contributed by atoms with E-state index in [1.54, 1.807) is 18.2 Å². The number of benzene rings is 2. The number of nitrogens with zero attached hydrogens (tertiary/aromatic N) is 5. The van der Waals surface area contributed by atoms with Gasteiger partial charge in [0.25, 0.3) is 5.91 Å². The van der Waals surface area contributed by atoms with Crippen molar-refractivity contribution in [3.63, 3.8) is 0 Å². The Morgan fingerprint density at radius 2 is 2.07 bits per heavy atom. The van der Waals surface area contributed by atoms with Crippen LogP contribution < -0.4 is 5.32 Å². The number of nitrogens with one attached hydrogen (secondary N) is 1. The smallest absolute Gasteiger partial charge is 0.251 e. The van der Waals surface area contributed by atoms with Gasteiger partial charge in [-0.05, 0) is 41.6 Å². The third-order valence-electron chi connectivity index (χ3n) is 4.13. The fraction of sp³-hybridized carbons (Fsp3) is 0.105. The van der Waals surface area contributed by atoms with Crippen LogP contribution in [-0.2, 0) is 6.54 Å². The lowest BCUT2D eigenvalue weighted by Gasteiger charge is -2.06. The predicted molar refractivity (Wildman–Crippen MR) is 108 cm³/mol. The molecule has 0 saturated carbocycles. The molecule has 4 rings (SSSR count). The third kappa shape index (κ3) is 3.78. The molecule has 0 atom stereocenters. The molecule has 0 aliphatic carbocycles. The first-order chi connectivity index (χ1) is 13.6. The summed E-state index contributed by atoms with van der Waals surface area (Å²) in [6.07, 6.45) is 1.48. The van der Waals surface area contributed by atoms with E-state index in [-0.39, 0.29) is 5.91 Å². The molecule has 140 valence electrons. The van der Waals surface area contributed by atoms with E-state index in [0.717, 1.165) is 21.1 Å². The van der Waals surface area contributed by atoms with E-state index in [9.17, 15) is 4.79 Å². The molecule has 1 amide bonds. The fourth-order valence-electron chi connectivity index (χ4n) is 2.67. The van der Waals surface area contributed by atoms with E-state index >= 15 is 0 Å². The Morgan fingerprint density at radius 1 is 1.21 bits per heavy atom. The minimum Gasteiger partial charge on any atom is -0.347 e. The second kappa shape index (κ2) is 7.87. The lowest BCUT2D eigenvalue weighted by atomic mass is 10.2. The van der Waals surface area contributed by atoms with Crippen molar-refractivity contribution in [2.45, 2.75) is 13.5 Å². The summed E-state index contributed by atoms with van der Waals surface area (Å²) in [4.78, 5) is 18.2. The molecule has 0 aliphatic heterocycles. The van der Waals surface area contributed by atoms with Gasteiger partial charge < -0.3 is 5.32 Å². The van der Waals surface area contributed by atoms with E-state index in [1.807, 2.05) is 37.3 Å². The molecule has 0 fully saturated rings. The van der Waals surface area contributed by atoms with E-state index in [1.165, 1.54) is 22.3 Å². The molecule has 1 N–H and O–H groups in total. The number of thiazole rings is 1. The summed E-state index contributed by atoms with van der Waals surface area (Å²) in [5.41, 5.74) is 3.01. The number of tetrazole rings is 1. The van der Waals surface area contributed by atoms with Crippen molar-refractivity contribution in [1.29, 1.82) is 0 Å². The van der Waals surface area contributed by atoms with Gasteiger partial charge >= 0.3 is 0 Å². The average molecular weight is 411 g/mol. The van der Waals surface area contributed by atoms with Gasteiger partial charge in [-0.1, -0.05) is 35.9 Å². The fourth-order valence-corrected chi connectivity index (χ4v) is 4.00. The van der Waals surface area contributed by atoms with Crippen molar-refractivity contribution in [3.05, 3.63) is 76.0 Å². The highest BCUT2D eigenvalue weighted by molar-refractivity contribution is 7.15. The van der Waals surface area contributed by atoms with Crippen LogP contribution >= 0.6 is 22.9 Å². The molecule has 2 heterocycles. The molecular weight excluding hydrogens is 396 g/mol. The standard InChI is InChI=1S/C19H15ClN6OS/c1-12-17(28-19(23-12)15-7-2-3-8-16(15)20)10-21-18(27)13-5-4-6-14(9-13)26-11-22-24-25-26/h2-9,11H,10H2,1H3,(H,21,27). The molecule has 0 aliphatic rings. The summed E-state index contributed by atoms with van der Waals surface area (Å²) < 4.78 is 1.50. The second-order valence-corrected chi connectivity index (χ2v) is 7.49. The summed E-state index contributed by atoms with van der Waals surface area (Å²) in [7, 11) is 0. The molecule has 0 unspecified atom stereocenters. The largest absolute Gasteiger partial charge is 0.347 e. The van der Waals surface area contributed by atoms with Gasteiger partial charge in [0, 0.05) is 16.0 Å². The molecule has 2 aromatic heterocycles. The third-order valence-corrected chi connectivity index (χ3v) is 5.65. The Hall–Kier alpha value is -3.10. The lowest BCUT2D eigenvalue weighted by Crippen LogP contribution is -2.22. The maximum Gasteiger partial charge on any atom is 0.251 e. The molecule has 28 heavy (non-hydrogen) atoms. The van der Waals surface area contributed by atoms with Crippen LogP contribution in [0.1, 0.15) is 20.9 Å². The number of carbonyl (C=O) groups excluding carboxylic acids is 1. The van der Waals surface area contributed by atoms with Gasteiger partial charge in [0.1, 0.15) is 11.3 Å². The molecule has 0 bridgehead atoms. The van der Waals surface area contributed by atoms with Gasteiger partial charge in [0.2, 0.25) is 0 Å². The van der Waals surface area contributed by atoms with E-state index < -0.39 is 0 Å². The van der Waals surface area contributed by atoms with Crippen molar-refractivity contribution in [1.82, 2.24) is 30.5 Å². The minimum atomic E-state index is -0.179. The van der Waals surface area contributed by atoms with E-state index in [4.69, 9.17) is 11.6 Å². The average Bonchev–Trinajstić information content (AvgIpc) is 3.37. The number of hydrogen-bond donors (Lipinski definition) is 1. The summed E-state index contributed by atoms with van der Waals surface area (Å²) in [6, 6.07) is 14.7. The zero-order valence-corrected chi connectivity index (χ0v) is 16.4. The first kappa shape index (κ1) is 18.3. The van der Waals surface area contributed by atoms with Crippen molar-refractivity contribution in [3.8, 4) is 16.3 Å². The zero-order valence-electron chi connectivity index (χ0n) is 14.8. The van der Waals surface area contributed by atoms with Crippen molar-refractivity contribution in [2.24, 2.45) is 0 Å². The molecule has 7 nitrogen and oxygen atoms in total. The molecule has 4 aromatic rings. The Morgan fingerprint density at radius 3 is 2.86 bits per heavy atom. The Bertz CT molecular complexity index is 1130. The van der Waals surface area contributed by atoms with Crippen LogP contribution in [-0.4, -0.2) is 31.1 Å². The van der Waals surface area contributed by atoms with Crippen LogP contribution in [0.4, 0.5) is 0 Å². The summed E-state index contributed by atoms with van der Waals surface area (Å²) in [5.74, 6) is -0.179. The number of aromatic nitrogens is 5. The molecular formula is C19H15ClN6OS. The van der Waals surface area contributed by atoms with Crippen LogP contribution in [0.25, 0.3) is 16.3 Å². The molecule has 0 spiro atoms. The highest BCUT2D eigenvalue weighted by atomic mass is 35.5. The molecule has 0 radical (unpaired) electrons. The van der Waals surface area contributed by atoms with Gasteiger partial charge in [-0.3, -0.25) is 4.79 Å². The number of carbonyl (C=O) groups is 1. The highest BCUT2D eigenvalue weighted by Crippen LogP contribution is 2.32. The van der Waals surface area contributed by atoms with Crippen LogP contribution in [0.2, 0.25) is 5.02 Å². The maximum absolute atomic E-state index is 12.6. The molecule has 9 heteroatoms. The van der Waals surface area contributed by atoms with Gasteiger partial charge in [-0.25, -0.2) is 9.67 Å². The van der Waals surface area contributed by atoms with Gasteiger partial charge in [-0.15, -0.1) is 16.4 Å². The summed E-state index contributed by atoms with van der Waals surface area (Å²) in [5, 5.41) is 15.5. The van der Waals surface area contributed by atoms with Crippen molar-refractivity contribution >= 4 is 28.8 Å². The summed E-state index contributed by atoms with van der Waals surface area (Å²) >= 11 is 7.79. The first-order valence-electron chi connectivity index (χ1n) is 8.44. The summed E-state index contributed by atoms with van der Waals surface area (Å²) in [6.45, 7) is 2.32. The number of halogens is 1. The highest BCUT2D eigenvalue weighted by Gasteiger charge is 2.13. The Balaban J connectivity index is 1.49. The molecule has 2 aromatic carbocycles. The topological polar surface area (TPSA) is 85.6 Å². The quantitative estimate of drug-likeness (QED) is 0.542. The van der Waals surface area contributed by atoms with Crippen LogP contribution in [0.3, 0.4) is 0 Å². The van der Waals surface area contributed by atoms with Gasteiger partial charge in [-0.2, -0.15) is 0 Å². The van der Waals surface area contributed by atoms with Crippen molar-refractivity contribution < 1.29 is 4.79 Å². The Labute approximate surface area is 170 Å². The second-order valence-electron chi connectivity index (χ2n) is 5.99.